The largest absolute Gasteiger partial charge is 0.444 e. The lowest BCUT2D eigenvalue weighted by Crippen LogP contribution is -2.49. The molecule has 1 heterocycles. The molecule has 2 aliphatic carbocycles. The maximum absolute atomic E-state index is 13.9. The molecule has 0 radical (unpaired) electrons. The molecule has 2 saturated carbocycles. The molecule has 0 unspecified atom stereocenters. The van der Waals surface area contributed by atoms with Crippen LogP contribution in [0.15, 0.2) is 48.5 Å². The van der Waals surface area contributed by atoms with E-state index in [1.165, 1.54) is 0 Å². The first kappa shape index (κ1) is 33.6. The summed E-state index contributed by atoms with van der Waals surface area (Å²) >= 11 is 12.5. The van der Waals surface area contributed by atoms with Gasteiger partial charge in [0, 0.05) is 54.9 Å². The molecule has 0 spiro atoms. The molecule has 3 fully saturated rings. The Morgan fingerprint density at radius 3 is 1.64 bits per heavy atom. The monoisotopic (exact) mass is 656 g/mol. The molecule has 1 saturated heterocycles. The fourth-order valence-electron chi connectivity index (χ4n) is 6.02. The molecule has 0 atom stereocenters. The lowest BCUT2D eigenvalue weighted by molar-refractivity contribution is -0.137. The highest BCUT2D eigenvalue weighted by Crippen LogP contribution is 2.31. The molecule has 2 aromatic rings. The van der Waals surface area contributed by atoms with Crippen molar-refractivity contribution in [2.24, 2.45) is 5.92 Å². The molecule has 0 bridgehead atoms. The summed E-state index contributed by atoms with van der Waals surface area (Å²) in [7, 11) is 0. The van der Waals surface area contributed by atoms with Crippen molar-refractivity contribution in [3.63, 3.8) is 0 Å². The van der Waals surface area contributed by atoms with E-state index in [1.54, 1.807) is 4.90 Å². The second-order valence-electron chi connectivity index (χ2n) is 13.8. The average Bonchev–Trinajstić information content (AvgIpc) is 3.89. The minimum atomic E-state index is -0.539. The van der Waals surface area contributed by atoms with Crippen LogP contribution < -0.4 is 0 Å². The van der Waals surface area contributed by atoms with Gasteiger partial charge in [-0.05, 0) is 101 Å². The lowest BCUT2D eigenvalue weighted by atomic mass is 9.96. The van der Waals surface area contributed by atoms with Crippen LogP contribution in [0.2, 0.25) is 10.0 Å². The van der Waals surface area contributed by atoms with Crippen LogP contribution in [0.25, 0.3) is 0 Å². The molecule has 0 aromatic heterocycles. The normalized spacial score (nSPS) is 17.3. The summed E-state index contributed by atoms with van der Waals surface area (Å²) in [5.74, 6) is 0.322. The van der Waals surface area contributed by atoms with Gasteiger partial charge in [-0.3, -0.25) is 14.5 Å². The van der Waals surface area contributed by atoms with Crippen LogP contribution in [0.5, 0.6) is 0 Å². The van der Waals surface area contributed by atoms with Crippen LogP contribution in [0.1, 0.15) is 70.4 Å². The molecule has 2 aromatic carbocycles. The Balaban J connectivity index is 1.27. The molecule has 0 N–H and O–H groups in total. The summed E-state index contributed by atoms with van der Waals surface area (Å²) in [6.45, 7) is 8.78. The Morgan fingerprint density at radius 1 is 0.778 bits per heavy atom. The van der Waals surface area contributed by atoms with Crippen molar-refractivity contribution in [1.29, 1.82) is 0 Å². The van der Waals surface area contributed by atoms with Gasteiger partial charge < -0.3 is 19.4 Å². The summed E-state index contributed by atoms with van der Waals surface area (Å²) in [5.41, 5.74) is 1.46. The summed E-state index contributed by atoms with van der Waals surface area (Å²) in [5, 5.41) is 1.31. The zero-order valence-electron chi connectivity index (χ0n) is 26.7. The topological polar surface area (TPSA) is 73.4 Å². The fraction of sp³-hybridized carbons (Fsp3) is 0.571. The Kier molecular flexibility index (Phi) is 11.0. The van der Waals surface area contributed by atoms with Crippen LogP contribution in [0, 0.1) is 5.92 Å². The average molecular weight is 658 g/mol. The Hall–Kier alpha value is -2.81. The molecule has 244 valence electrons. The van der Waals surface area contributed by atoms with E-state index in [4.69, 9.17) is 27.9 Å². The second-order valence-corrected chi connectivity index (χ2v) is 14.7. The van der Waals surface area contributed by atoms with Crippen LogP contribution >= 0.6 is 23.2 Å². The van der Waals surface area contributed by atoms with Gasteiger partial charge in [-0.1, -0.05) is 47.5 Å². The molecular weight excluding hydrogens is 611 g/mol. The maximum Gasteiger partial charge on any atom is 0.410 e. The van der Waals surface area contributed by atoms with Crippen molar-refractivity contribution in [3.05, 3.63) is 69.7 Å². The van der Waals surface area contributed by atoms with E-state index in [0.29, 0.717) is 42.8 Å². The van der Waals surface area contributed by atoms with Gasteiger partial charge in [0.2, 0.25) is 11.8 Å². The van der Waals surface area contributed by atoms with E-state index < -0.39 is 5.60 Å². The van der Waals surface area contributed by atoms with Crippen LogP contribution in [-0.2, 0) is 27.4 Å². The Bertz CT molecular complexity index is 1270. The van der Waals surface area contributed by atoms with Gasteiger partial charge in [-0.2, -0.15) is 0 Å². The fourth-order valence-corrected chi connectivity index (χ4v) is 6.44. The SMILES string of the molecule is CC(C)(C)OC(=O)N1CCC(CN(CC(=O)N(Cc2cccc(Cl)c2)C2CC2)CC(=O)N(Cc2cccc(Cl)c2)C2CC2)CC1. The van der Waals surface area contributed by atoms with Gasteiger partial charge in [0.15, 0.2) is 0 Å². The first-order valence-electron chi connectivity index (χ1n) is 16.2. The summed E-state index contributed by atoms with van der Waals surface area (Å²) in [4.78, 5) is 48.2. The number of carbonyl (C=O) groups is 3. The number of carbonyl (C=O) groups excluding carboxylic acids is 3. The smallest absolute Gasteiger partial charge is 0.410 e. The van der Waals surface area contributed by atoms with E-state index >= 15 is 0 Å². The Morgan fingerprint density at radius 2 is 1.24 bits per heavy atom. The number of hydrogen-bond donors (Lipinski definition) is 0. The van der Waals surface area contributed by atoms with Gasteiger partial charge >= 0.3 is 6.09 Å². The molecule has 5 rings (SSSR count). The van der Waals surface area contributed by atoms with Crippen LogP contribution in [0.3, 0.4) is 0 Å². The molecule has 10 heteroatoms. The number of ether oxygens (including phenoxy) is 1. The predicted octanol–water partition coefficient (Wildman–Crippen LogP) is 6.62. The zero-order chi connectivity index (χ0) is 32.1. The molecular formula is C35H46Cl2N4O4. The van der Waals surface area contributed by atoms with Crippen molar-refractivity contribution >= 4 is 41.1 Å². The number of piperidine rings is 1. The summed E-state index contributed by atoms with van der Waals surface area (Å²) < 4.78 is 5.58. The van der Waals surface area contributed by atoms with Gasteiger partial charge in [0.25, 0.3) is 0 Å². The predicted molar refractivity (Wildman–Crippen MR) is 177 cm³/mol. The lowest BCUT2D eigenvalue weighted by Gasteiger charge is -2.36. The molecule has 45 heavy (non-hydrogen) atoms. The van der Waals surface area contributed by atoms with Crippen molar-refractivity contribution in [2.75, 3.05) is 32.7 Å². The molecule has 3 amide bonds. The van der Waals surface area contributed by atoms with E-state index in [-0.39, 0.29) is 49.0 Å². The number of halogens is 2. The molecule has 1 aliphatic heterocycles. The Labute approximate surface area is 277 Å². The van der Waals surface area contributed by atoms with Crippen molar-refractivity contribution in [1.82, 2.24) is 19.6 Å². The van der Waals surface area contributed by atoms with Crippen molar-refractivity contribution in [2.45, 2.75) is 90.1 Å². The van der Waals surface area contributed by atoms with E-state index in [9.17, 15) is 14.4 Å². The highest BCUT2D eigenvalue weighted by Gasteiger charge is 2.37. The number of hydrogen-bond acceptors (Lipinski definition) is 5. The van der Waals surface area contributed by atoms with Crippen LogP contribution in [0.4, 0.5) is 4.79 Å². The van der Waals surface area contributed by atoms with E-state index in [2.05, 4.69) is 0 Å². The highest BCUT2D eigenvalue weighted by atomic mass is 35.5. The standard InChI is InChI=1S/C35H46Cl2N4O4/c1-35(2,3)45-34(44)39-16-14-25(15-17-39)20-38(23-32(42)40(30-10-11-30)21-26-6-4-8-28(36)18-26)24-33(43)41(31-12-13-31)22-27-7-5-9-29(37)19-27/h4-9,18-19,25,30-31H,10-17,20-24H2,1-3H3. The van der Waals surface area contributed by atoms with Crippen molar-refractivity contribution in [3.8, 4) is 0 Å². The van der Waals surface area contributed by atoms with Crippen LogP contribution in [-0.4, -0.2) is 87.9 Å². The number of benzene rings is 2. The minimum Gasteiger partial charge on any atom is -0.444 e. The summed E-state index contributed by atoms with van der Waals surface area (Å²) in [6.07, 6.45) is 5.26. The third-order valence-electron chi connectivity index (χ3n) is 8.60. The van der Waals surface area contributed by atoms with E-state index in [1.807, 2.05) is 84.0 Å². The minimum absolute atomic E-state index is 0.0317. The van der Waals surface area contributed by atoms with Gasteiger partial charge in [0.1, 0.15) is 5.60 Å². The van der Waals surface area contributed by atoms with Crippen molar-refractivity contribution < 1.29 is 19.1 Å². The second kappa shape index (κ2) is 14.7. The van der Waals surface area contributed by atoms with E-state index in [0.717, 1.165) is 49.7 Å². The first-order chi connectivity index (χ1) is 21.4. The third kappa shape index (κ3) is 10.3. The number of likely N-dealkylation sites (tertiary alicyclic amines) is 1. The summed E-state index contributed by atoms with van der Waals surface area (Å²) in [6, 6.07) is 15.8. The highest BCUT2D eigenvalue weighted by molar-refractivity contribution is 6.30. The maximum atomic E-state index is 13.9. The van der Waals surface area contributed by atoms with Gasteiger partial charge in [-0.25, -0.2) is 4.79 Å². The zero-order valence-corrected chi connectivity index (χ0v) is 28.2. The third-order valence-corrected chi connectivity index (χ3v) is 9.07. The quantitative estimate of drug-likeness (QED) is 0.257. The number of nitrogens with zero attached hydrogens (tertiary/aromatic N) is 4. The number of rotatable bonds is 12. The molecule has 8 nitrogen and oxygen atoms in total. The molecule has 3 aliphatic rings. The number of amides is 3. The first-order valence-corrected chi connectivity index (χ1v) is 17.0. The van der Waals surface area contributed by atoms with Gasteiger partial charge in [0.05, 0.1) is 13.1 Å². The van der Waals surface area contributed by atoms with Gasteiger partial charge in [-0.15, -0.1) is 0 Å².